The van der Waals surface area contributed by atoms with Gasteiger partial charge in [0.1, 0.15) is 24.8 Å². The molecule has 0 fully saturated rings. The summed E-state index contributed by atoms with van der Waals surface area (Å²) in [6.45, 7) is 4.71. The minimum atomic E-state index is -1.30. The molecule has 1 aliphatic rings. The summed E-state index contributed by atoms with van der Waals surface area (Å²) in [5.41, 5.74) is 3.49. The van der Waals surface area contributed by atoms with Gasteiger partial charge in [-0.15, -0.1) is 0 Å². The Balaban J connectivity index is 1.67. The lowest BCUT2D eigenvalue weighted by Crippen LogP contribution is -2.49. The summed E-state index contributed by atoms with van der Waals surface area (Å²) in [5.74, 6) is -2.26. The normalized spacial score (nSPS) is 13.1. The van der Waals surface area contributed by atoms with Crippen LogP contribution in [0.5, 0.6) is 0 Å². The zero-order valence-corrected chi connectivity index (χ0v) is 20.3. The standard InChI is InChI=1S/C26H30N2O7/c1-26(2,3)35-22(29)13-21(24(31)27-14-23(30)33-4)28-25(32)34-15-20-18-11-7-5-9-16(18)17-10-6-8-12-19(17)20/h5-12,20-21H,13-15H2,1-4H3,(H,27,31)(H,28,32)/t21-/m0/s1. The van der Waals surface area contributed by atoms with E-state index >= 15 is 0 Å². The van der Waals surface area contributed by atoms with Crippen LogP contribution in [0.25, 0.3) is 11.1 Å². The maximum absolute atomic E-state index is 12.6. The summed E-state index contributed by atoms with van der Waals surface area (Å²) >= 11 is 0. The number of nitrogens with one attached hydrogen (secondary N) is 2. The summed E-state index contributed by atoms with van der Waals surface area (Å²) in [6, 6.07) is 14.5. The monoisotopic (exact) mass is 482 g/mol. The van der Waals surface area contributed by atoms with Gasteiger partial charge in [0, 0.05) is 5.92 Å². The maximum Gasteiger partial charge on any atom is 0.407 e. The molecule has 2 aromatic carbocycles. The number of benzene rings is 2. The van der Waals surface area contributed by atoms with Gasteiger partial charge in [0.15, 0.2) is 0 Å². The molecule has 0 saturated carbocycles. The third-order valence-electron chi connectivity index (χ3n) is 5.38. The van der Waals surface area contributed by atoms with E-state index in [0.717, 1.165) is 22.3 Å². The van der Waals surface area contributed by atoms with Crippen LogP contribution in [-0.4, -0.2) is 55.8 Å². The van der Waals surface area contributed by atoms with E-state index in [9.17, 15) is 19.2 Å². The molecular weight excluding hydrogens is 452 g/mol. The molecule has 9 nitrogen and oxygen atoms in total. The van der Waals surface area contributed by atoms with Crippen LogP contribution < -0.4 is 10.6 Å². The molecule has 0 aliphatic heterocycles. The van der Waals surface area contributed by atoms with Crippen molar-refractivity contribution >= 4 is 23.9 Å². The molecule has 9 heteroatoms. The van der Waals surface area contributed by atoms with E-state index in [1.165, 1.54) is 7.11 Å². The highest BCUT2D eigenvalue weighted by atomic mass is 16.6. The van der Waals surface area contributed by atoms with Crippen molar-refractivity contribution < 1.29 is 33.4 Å². The van der Waals surface area contributed by atoms with Gasteiger partial charge in [-0.2, -0.15) is 0 Å². The summed E-state index contributed by atoms with van der Waals surface area (Å²) < 4.78 is 15.2. The number of methoxy groups -OCH3 is 1. The number of esters is 2. The predicted molar refractivity (Wildman–Crippen MR) is 127 cm³/mol. The second-order valence-electron chi connectivity index (χ2n) is 9.11. The Labute approximate surface area is 204 Å². The Morgan fingerprint density at radius 3 is 2.03 bits per heavy atom. The van der Waals surface area contributed by atoms with E-state index in [-0.39, 0.29) is 12.5 Å². The fraction of sp³-hybridized carbons (Fsp3) is 0.385. The van der Waals surface area contributed by atoms with Crippen molar-refractivity contribution in [2.75, 3.05) is 20.3 Å². The van der Waals surface area contributed by atoms with Gasteiger partial charge in [0.05, 0.1) is 13.5 Å². The molecule has 2 amide bonds. The molecule has 0 heterocycles. The second-order valence-corrected chi connectivity index (χ2v) is 9.11. The Kier molecular flexibility index (Phi) is 8.11. The van der Waals surface area contributed by atoms with Crippen molar-refractivity contribution in [1.29, 1.82) is 0 Å². The predicted octanol–water partition coefficient (Wildman–Crippen LogP) is 2.91. The number of carbonyl (C=O) groups excluding carboxylic acids is 4. The van der Waals surface area contributed by atoms with Gasteiger partial charge < -0.3 is 24.8 Å². The molecule has 0 aromatic heterocycles. The Morgan fingerprint density at radius 1 is 0.914 bits per heavy atom. The molecule has 35 heavy (non-hydrogen) atoms. The highest BCUT2D eigenvalue weighted by Gasteiger charge is 2.31. The largest absolute Gasteiger partial charge is 0.468 e. The third-order valence-corrected chi connectivity index (χ3v) is 5.38. The molecule has 2 N–H and O–H groups in total. The minimum absolute atomic E-state index is 0.0444. The first-order valence-electron chi connectivity index (χ1n) is 11.3. The third kappa shape index (κ3) is 6.81. The molecule has 0 saturated heterocycles. The van der Waals surface area contributed by atoms with E-state index in [1.807, 2.05) is 48.5 Å². The van der Waals surface area contributed by atoms with E-state index in [4.69, 9.17) is 9.47 Å². The summed E-state index contributed by atoms with van der Waals surface area (Å²) in [5, 5.41) is 4.76. The van der Waals surface area contributed by atoms with Crippen molar-refractivity contribution in [3.63, 3.8) is 0 Å². The van der Waals surface area contributed by atoms with E-state index < -0.39 is 48.5 Å². The highest BCUT2D eigenvalue weighted by Crippen LogP contribution is 2.44. The summed E-state index contributed by atoms with van der Waals surface area (Å²) in [4.78, 5) is 48.9. The fourth-order valence-electron chi connectivity index (χ4n) is 3.90. The van der Waals surface area contributed by atoms with Crippen LogP contribution in [0.1, 0.15) is 44.2 Å². The molecule has 3 rings (SSSR count). The van der Waals surface area contributed by atoms with Crippen molar-refractivity contribution in [2.45, 2.75) is 44.8 Å². The Hall–Kier alpha value is -3.88. The summed E-state index contributed by atoms with van der Waals surface area (Å²) in [7, 11) is 1.18. The van der Waals surface area contributed by atoms with Gasteiger partial charge in [0.25, 0.3) is 0 Å². The molecule has 0 bridgehead atoms. The van der Waals surface area contributed by atoms with Gasteiger partial charge in [-0.1, -0.05) is 48.5 Å². The molecule has 2 aromatic rings. The van der Waals surface area contributed by atoms with Gasteiger partial charge in [-0.3, -0.25) is 14.4 Å². The number of hydrogen-bond acceptors (Lipinski definition) is 7. The lowest BCUT2D eigenvalue weighted by atomic mass is 9.98. The first kappa shape index (κ1) is 25.7. The minimum Gasteiger partial charge on any atom is -0.468 e. The van der Waals surface area contributed by atoms with E-state index in [2.05, 4.69) is 15.4 Å². The number of alkyl carbamates (subject to hydrolysis) is 1. The number of amides is 2. The second kappa shape index (κ2) is 11.0. The van der Waals surface area contributed by atoms with Crippen molar-refractivity contribution in [1.82, 2.24) is 10.6 Å². The number of carbonyl (C=O) groups is 4. The first-order chi connectivity index (χ1) is 16.6. The number of ether oxygens (including phenoxy) is 3. The molecule has 1 atom stereocenters. The van der Waals surface area contributed by atoms with Crippen LogP contribution in [0.15, 0.2) is 48.5 Å². The van der Waals surface area contributed by atoms with Crippen LogP contribution in [0, 0.1) is 0 Å². The zero-order valence-electron chi connectivity index (χ0n) is 20.3. The fourth-order valence-corrected chi connectivity index (χ4v) is 3.90. The molecule has 0 radical (unpaired) electrons. The number of fused-ring (bicyclic) bond motifs is 3. The van der Waals surface area contributed by atoms with Gasteiger partial charge in [0.2, 0.25) is 5.91 Å². The van der Waals surface area contributed by atoms with E-state index in [0.29, 0.717) is 0 Å². The maximum atomic E-state index is 12.6. The van der Waals surface area contributed by atoms with E-state index in [1.54, 1.807) is 20.8 Å². The lowest BCUT2D eigenvalue weighted by Gasteiger charge is -2.22. The van der Waals surface area contributed by atoms with Crippen LogP contribution in [0.4, 0.5) is 4.79 Å². The molecule has 0 spiro atoms. The van der Waals surface area contributed by atoms with Crippen LogP contribution in [0.2, 0.25) is 0 Å². The van der Waals surface area contributed by atoms with Crippen LogP contribution in [-0.2, 0) is 28.6 Å². The Morgan fingerprint density at radius 2 is 1.49 bits per heavy atom. The first-order valence-corrected chi connectivity index (χ1v) is 11.3. The van der Waals surface area contributed by atoms with Crippen molar-refractivity contribution in [2.24, 2.45) is 0 Å². The molecular formula is C26H30N2O7. The zero-order chi connectivity index (χ0) is 25.6. The smallest absolute Gasteiger partial charge is 0.407 e. The number of rotatable bonds is 8. The summed E-state index contributed by atoms with van der Waals surface area (Å²) in [6.07, 6.45) is -1.30. The SMILES string of the molecule is COC(=O)CNC(=O)[C@H](CC(=O)OC(C)(C)C)NC(=O)OCC1c2ccccc2-c2ccccc21. The van der Waals surface area contributed by atoms with Gasteiger partial charge in [-0.25, -0.2) is 4.79 Å². The average molecular weight is 483 g/mol. The van der Waals surface area contributed by atoms with Crippen molar-refractivity contribution in [3.05, 3.63) is 59.7 Å². The average Bonchev–Trinajstić information content (AvgIpc) is 3.13. The topological polar surface area (TPSA) is 120 Å². The van der Waals surface area contributed by atoms with Crippen molar-refractivity contribution in [3.8, 4) is 11.1 Å². The quantitative estimate of drug-likeness (QED) is 0.438. The highest BCUT2D eigenvalue weighted by molar-refractivity contribution is 5.91. The van der Waals surface area contributed by atoms with Gasteiger partial charge in [-0.05, 0) is 43.0 Å². The van der Waals surface area contributed by atoms with Crippen LogP contribution >= 0.6 is 0 Å². The molecule has 0 unspecified atom stereocenters. The Bertz CT molecular complexity index is 1060. The lowest BCUT2D eigenvalue weighted by molar-refractivity contribution is -0.156. The van der Waals surface area contributed by atoms with Crippen LogP contribution in [0.3, 0.4) is 0 Å². The van der Waals surface area contributed by atoms with Gasteiger partial charge >= 0.3 is 18.0 Å². The molecule has 186 valence electrons. The number of hydrogen-bond donors (Lipinski definition) is 2. The molecule has 1 aliphatic carbocycles.